The van der Waals surface area contributed by atoms with E-state index in [0.717, 1.165) is 0 Å². The zero-order chi connectivity index (χ0) is 10.3. The molecule has 0 atom stereocenters. The molecule has 1 rings (SSSR count). The molecule has 0 spiro atoms. The van der Waals surface area contributed by atoms with Crippen LogP contribution in [0.25, 0.3) is 0 Å². The van der Waals surface area contributed by atoms with Crippen molar-refractivity contribution in [3.05, 3.63) is 0 Å². The number of aliphatic hydroxyl groups is 1. The maximum atomic E-state index is 11.2. The molecule has 1 aliphatic rings. The second kappa shape index (κ2) is 2.91. The van der Waals surface area contributed by atoms with E-state index >= 15 is 0 Å². The summed E-state index contributed by atoms with van der Waals surface area (Å²) in [5.74, 6) is -1.51. The summed E-state index contributed by atoms with van der Waals surface area (Å²) in [6.07, 6.45) is -0.388. The molecule has 1 heterocycles. The highest BCUT2D eigenvalue weighted by Crippen LogP contribution is 2.30. The predicted molar refractivity (Wildman–Crippen MR) is 43.9 cm³/mol. The molecule has 6 nitrogen and oxygen atoms in total. The van der Waals surface area contributed by atoms with E-state index in [2.05, 4.69) is 4.74 Å². The summed E-state index contributed by atoms with van der Waals surface area (Å²) in [6.45, 7) is 1.29. The van der Waals surface area contributed by atoms with Gasteiger partial charge in [0, 0.05) is 6.42 Å². The average molecular weight is 230 g/mol. The second-order valence-corrected chi connectivity index (χ2v) is 7.28. The summed E-state index contributed by atoms with van der Waals surface area (Å²) >= 11 is 0. The van der Waals surface area contributed by atoms with Crippen LogP contribution in [0, 0.1) is 0 Å². The van der Waals surface area contributed by atoms with Crippen molar-refractivity contribution in [3.8, 4) is 0 Å². The third kappa shape index (κ3) is 1.37. The predicted octanol–water partition coefficient (Wildman–Crippen LogP) is -1.18. The summed E-state index contributed by atoms with van der Waals surface area (Å²) in [7, 11) is -8.27. The maximum absolute atomic E-state index is 11.2. The van der Waals surface area contributed by atoms with Gasteiger partial charge in [0.25, 0.3) is 4.27 Å². The van der Waals surface area contributed by atoms with Crippen molar-refractivity contribution in [1.82, 2.24) is 0 Å². The van der Waals surface area contributed by atoms with Gasteiger partial charge in [0.05, 0.1) is 0 Å². The summed E-state index contributed by atoms with van der Waals surface area (Å²) in [4.78, 5) is 0. The minimum atomic E-state index is -4.14. The van der Waals surface area contributed by atoms with Gasteiger partial charge in [-0.1, -0.05) is 6.92 Å². The van der Waals surface area contributed by atoms with Crippen LogP contribution in [0.4, 0.5) is 0 Å². The number of hydrogen-bond donors (Lipinski definition) is 1. The molecule has 0 aliphatic carbocycles. The average Bonchev–Trinajstić information content (AvgIpc) is 1.99. The van der Waals surface area contributed by atoms with Crippen molar-refractivity contribution in [3.63, 3.8) is 0 Å². The Bertz CT molecular complexity index is 357. The van der Waals surface area contributed by atoms with Crippen LogP contribution >= 0.6 is 0 Å². The Hall–Kier alpha value is -0.180. The van der Waals surface area contributed by atoms with Crippen molar-refractivity contribution in [2.45, 2.75) is 17.6 Å². The lowest BCUT2D eigenvalue weighted by Gasteiger charge is -2.29. The fraction of sp³-hybridized carbons (Fsp3) is 1.00. The Morgan fingerprint density at radius 3 is 1.85 bits per heavy atom. The molecule has 0 saturated carbocycles. The van der Waals surface area contributed by atoms with Gasteiger partial charge < -0.3 is 9.84 Å². The lowest BCUT2D eigenvalue weighted by atomic mass is 10.5. The highest BCUT2D eigenvalue weighted by molar-refractivity contribution is 8.10. The van der Waals surface area contributed by atoms with Gasteiger partial charge in [-0.3, -0.25) is 0 Å². The highest BCUT2D eigenvalue weighted by Gasteiger charge is 2.55. The molecule has 0 amide bonds. The van der Waals surface area contributed by atoms with E-state index in [9.17, 15) is 21.9 Å². The van der Waals surface area contributed by atoms with Crippen LogP contribution in [0.1, 0.15) is 13.3 Å². The Morgan fingerprint density at radius 2 is 1.62 bits per heavy atom. The first-order valence-corrected chi connectivity index (χ1v) is 6.82. The van der Waals surface area contributed by atoms with Crippen molar-refractivity contribution in [2.24, 2.45) is 0 Å². The molecule has 0 aromatic heterocycles. The van der Waals surface area contributed by atoms with E-state index in [1.54, 1.807) is 0 Å². The Kier molecular flexibility index (Phi) is 2.44. The van der Waals surface area contributed by atoms with E-state index in [-0.39, 0.29) is 6.42 Å². The first-order chi connectivity index (χ1) is 5.77. The summed E-state index contributed by atoms with van der Waals surface area (Å²) in [5, 5.41) is 9.48. The molecule has 0 unspecified atom stereocenters. The third-order valence-corrected chi connectivity index (χ3v) is 6.89. The van der Waals surface area contributed by atoms with Gasteiger partial charge in [0.1, 0.15) is 0 Å². The van der Waals surface area contributed by atoms with E-state index in [4.69, 9.17) is 0 Å². The van der Waals surface area contributed by atoms with Crippen LogP contribution in [0.15, 0.2) is 0 Å². The van der Waals surface area contributed by atoms with Crippen LogP contribution in [-0.4, -0.2) is 38.1 Å². The summed E-state index contributed by atoms with van der Waals surface area (Å²) in [6, 6.07) is 0. The molecule has 1 aliphatic heterocycles. The zero-order valence-corrected chi connectivity index (χ0v) is 8.56. The van der Waals surface area contributed by atoms with E-state index in [1.807, 2.05) is 0 Å². The highest BCUT2D eigenvalue weighted by atomic mass is 32.3. The fourth-order valence-corrected chi connectivity index (χ4v) is 4.87. The van der Waals surface area contributed by atoms with Crippen LogP contribution in [0.2, 0.25) is 0 Å². The Balaban J connectivity index is 3.39. The van der Waals surface area contributed by atoms with Gasteiger partial charge in [-0.25, -0.2) is 16.8 Å². The molecular weight excluding hydrogens is 220 g/mol. The SMILES string of the molecule is CCC1(O)S(=O)(=O)COCS1(=O)=O. The van der Waals surface area contributed by atoms with Crippen LogP contribution < -0.4 is 0 Å². The van der Waals surface area contributed by atoms with Crippen molar-refractivity contribution in [1.29, 1.82) is 0 Å². The van der Waals surface area contributed by atoms with E-state index in [0.29, 0.717) is 0 Å². The topological polar surface area (TPSA) is 97.7 Å². The molecule has 1 N–H and O–H groups in total. The number of sulfone groups is 2. The molecule has 13 heavy (non-hydrogen) atoms. The number of rotatable bonds is 1. The van der Waals surface area contributed by atoms with Crippen molar-refractivity contribution < 1.29 is 26.7 Å². The van der Waals surface area contributed by atoms with Crippen molar-refractivity contribution >= 4 is 19.7 Å². The van der Waals surface area contributed by atoms with Gasteiger partial charge in [-0.05, 0) is 0 Å². The van der Waals surface area contributed by atoms with E-state index in [1.165, 1.54) is 6.92 Å². The molecule has 8 heteroatoms. The summed E-state index contributed by atoms with van der Waals surface area (Å²) < 4.78 is 46.5. The Labute approximate surface area is 76.4 Å². The maximum Gasteiger partial charge on any atom is 0.272 e. The molecule has 0 bridgehead atoms. The molecule has 1 saturated heterocycles. The summed E-state index contributed by atoms with van der Waals surface area (Å²) in [5.41, 5.74) is 0. The third-order valence-electron chi connectivity index (χ3n) is 1.90. The fourth-order valence-electron chi connectivity index (χ4n) is 1.07. The molecule has 0 aromatic rings. The first kappa shape index (κ1) is 10.9. The lowest BCUT2D eigenvalue weighted by molar-refractivity contribution is 0.151. The van der Waals surface area contributed by atoms with Gasteiger partial charge in [0.15, 0.2) is 11.9 Å². The zero-order valence-electron chi connectivity index (χ0n) is 6.93. The molecule has 0 radical (unpaired) electrons. The molecule has 78 valence electrons. The first-order valence-electron chi connectivity index (χ1n) is 3.51. The minimum absolute atomic E-state index is 0.388. The Morgan fingerprint density at radius 1 is 1.23 bits per heavy atom. The van der Waals surface area contributed by atoms with Gasteiger partial charge in [0.2, 0.25) is 19.7 Å². The number of ether oxygens (including phenoxy) is 1. The molecule has 1 fully saturated rings. The normalized spacial score (nSPS) is 29.7. The van der Waals surface area contributed by atoms with Crippen molar-refractivity contribution in [2.75, 3.05) is 11.9 Å². The quantitative estimate of drug-likeness (QED) is 0.608. The largest absolute Gasteiger partial charge is 0.363 e. The van der Waals surface area contributed by atoms with Crippen LogP contribution in [0.3, 0.4) is 0 Å². The minimum Gasteiger partial charge on any atom is -0.363 e. The van der Waals surface area contributed by atoms with E-state index < -0.39 is 35.8 Å². The monoisotopic (exact) mass is 230 g/mol. The molecular formula is C5H10O6S2. The smallest absolute Gasteiger partial charge is 0.272 e. The molecule has 0 aromatic carbocycles. The number of hydrogen-bond acceptors (Lipinski definition) is 6. The standard InChI is InChI=1S/C5H10O6S2/c1-2-5(6)12(7,8)3-11-4-13(5,9)10/h6H,2-4H2,1H3. The van der Waals surface area contributed by atoms with Gasteiger partial charge in [-0.15, -0.1) is 0 Å². The van der Waals surface area contributed by atoms with Crippen LogP contribution in [-0.2, 0) is 24.4 Å². The van der Waals surface area contributed by atoms with Crippen LogP contribution in [0.5, 0.6) is 0 Å². The van der Waals surface area contributed by atoms with Gasteiger partial charge >= 0.3 is 0 Å². The van der Waals surface area contributed by atoms with Gasteiger partial charge in [-0.2, -0.15) is 0 Å². The second-order valence-electron chi connectivity index (χ2n) is 2.74. The lowest BCUT2D eigenvalue weighted by Crippen LogP contribution is -2.52.